The van der Waals surface area contributed by atoms with Crippen LogP contribution >= 0.6 is 0 Å². The molecule has 2 heterocycles. The van der Waals surface area contributed by atoms with Gasteiger partial charge in [0.1, 0.15) is 0 Å². The molecule has 6 nitrogen and oxygen atoms in total. The first kappa shape index (κ1) is 15.8. The van der Waals surface area contributed by atoms with Crippen molar-refractivity contribution >= 4 is 11.6 Å². The van der Waals surface area contributed by atoms with Gasteiger partial charge in [0.25, 0.3) is 0 Å². The monoisotopic (exact) mass is 315 g/mol. The van der Waals surface area contributed by atoms with Gasteiger partial charge in [0.2, 0.25) is 5.91 Å². The predicted octanol–water partition coefficient (Wildman–Crippen LogP) is 2.98. The molecule has 1 saturated carbocycles. The van der Waals surface area contributed by atoms with Crippen molar-refractivity contribution in [2.75, 3.05) is 5.32 Å². The van der Waals surface area contributed by atoms with E-state index in [1.54, 1.807) is 6.20 Å². The van der Waals surface area contributed by atoms with E-state index in [9.17, 15) is 4.79 Å². The van der Waals surface area contributed by atoms with Crippen molar-refractivity contribution in [2.45, 2.75) is 59.0 Å². The largest absolute Gasteiger partial charge is 0.323 e. The van der Waals surface area contributed by atoms with Crippen molar-refractivity contribution in [1.82, 2.24) is 19.6 Å². The average molecular weight is 315 g/mol. The Bertz CT molecular complexity index is 666. The molecule has 124 valence electrons. The van der Waals surface area contributed by atoms with E-state index in [0.29, 0.717) is 6.54 Å². The molecule has 1 amide bonds. The second-order valence-corrected chi connectivity index (χ2v) is 6.32. The summed E-state index contributed by atoms with van der Waals surface area (Å²) in [5.74, 6) is 0.302. The highest BCUT2D eigenvalue weighted by molar-refractivity contribution is 5.92. The molecule has 0 aromatic carbocycles. The van der Waals surface area contributed by atoms with Crippen molar-refractivity contribution in [3.05, 3.63) is 29.8 Å². The molecule has 1 aliphatic carbocycles. The Labute approximate surface area is 136 Å². The highest BCUT2D eigenvalue weighted by Crippen LogP contribution is 2.24. The summed E-state index contributed by atoms with van der Waals surface area (Å²) >= 11 is 0. The van der Waals surface area contributed by atoms with Gasteiger partial charge in [-0.15, -0.1) is 0 Å². The lowest BCUT2D eigenvalue weighted by molar-refractivity contribution is -0.120. The highest BCUT2D eigenvalue weighted by Gasteiger charge is 2.21. The molecule has 1 aliphatic rings. The molecule has 0 aliphatic heterocycles. The van der Waals surface area contributed by atoms with Crippen LogP contribution in [0, 0.1) is 12.8 Å². The molecular formula is C17H25N5O. The fourth-order valence-electron chi connectivity index (χ4n) is 3.26. The van der Waals surface area contributed by atoms with Gasteiger partial charge >= 0.3 is 0 Å². The number of amides is 1. The van der Waals surface area contributed by atoms with Crippen molar-refractivity contribution in [2.24, 2.45) is 5.92 Å². The van der Waals surface area contributed by atoms with E-state index in [1.165, 1.54) is 6.42 Å². The zero-order valence-corrected chi connectivity index (χ0v) is 14.0. The second-order valence-electron chi connectivity index (χ2n) is 6.32. The minimum absolute atomic E-state index is 0.138. The average Bonchev–Trinajstić information content (AvgIpc) is 3.16. The fraction of sp³-hybridized carbons (Fsp3) is 0.588. The normalized spacial score (nSPS) is 15.7. The lowest BCUT2D eigenvalue weighted by atomic mass is 9.89. The molecule has 6 heteroatoms. The number of aromatic nitrogens is 4. The van der Waals surface area contributed by atoms with Gasteiger partial charge in [-0.1, -0.05) is 19.3 Å². The van der Waals surface area contributed by atoms with Gasteiger partial charge in [-0.05, 0) is 26.7 Å². The van der Waals surface area contributed by atoms with Crippen LogP contribution in [0.15, 0.2) is 18.6 Å². The van der Waals surface area contributed by atoms with E-state index in [-0.39, 0.29) is 11.8 Å². The van der Waals surface area contributed by atoms with Crippen LogP contribution in [0.25, 0.3) is 0 Å². The Morgan fingerprint density at radius 2 is 2.04 bits per heavy atom. The van der Waals surface area contributed by atoms with Crippen LogP contribution in [0.3, 0.4) is 0 Å². The van der Waals surface area contributed by atoms with Gasteiger partial charge < -0.3 is 5.32 Å². The van der Waals surface area contributed by atoms with E-state index in [1.807, 2.05) is 21.8 Å². The van der Waals surface area contributed by atoms with Crippen LogP contribution in [0.2, 0.25) is 0 Å². The van der Waals surface area contributed by atoms with Crippen molar-refractivity contribution in [3.8, 4) is 0 Å². The highest BCUT2D eigenvalue weighted by atomic mass is 16.1. The Balaban J connectivity index is 1.61. The molecule has 1 N–H and O–H groups in total. The Morgan fingerprint density at radius 3 is 2.74 bits per heavy atom. The van der Waals surface area contributed by atoms with Crippen LogP contribution in [0.1, 0.15) is 50.3 Å². The van der Waals surface area contributed by atoms with Crippen LogP contribution in [-0.4, -0.2) is 25.5 Å². The zero-order chi connectivity index (χ0) is 16.2. The van der Waals surface area contributed by atoms with Gasteiger partial charge in [0.05, 0.1) is 24.6 Å². The lowest BCUT2D eigenvalue weighted by Crippen LogP contribution is -2.24. The van der Waals surface area contributed by atoms with E-state index < -0.39 is 0 Å². The van der Waals surface area contributed by atoms with Crippen LogP contribution in [0.4, 0.5) is 5.69 Å². The Hall–Kier alpha value is -2.11. The van der Waals surface area contributed by atoms with Crippen molar-refractivity contribution in [3.63, 3.8) is 0 Å². The quantitative estimate of drug-likeness (QED) is 0.922. The van der Waals surface area contributed by atoms with Crippen molar-refractivity contribution in [1.29, 1.82) is 0 Å². The second kappa shape index (κ2) is 6.98. The minimum atomic E-state index is 0.138. The molecule has 0 atom stereocenters. The molecule has 1 fully saturated rings. The molecule has 0 saturated heterocycles. The molecule has 2 aromatic rings. The minimum Gasteiger partial charge on any atom is -0.323 e. The van der Waals surface area contributed by atoms with E-state index >= 15 is 0 Å². The number of nitrogens with one attached hydrogen (secondary N) is 1. The maximum atomic E-state index is 12.3. The van der Waals surface area contributed by atoms with Gasteiger partial charge in [0.15, 0.2) is 0 Å². The molecule has 0 unspecified atom stereocenters. The number of nitrogens with zero attached hydrogens (tertiary/aromatic N) is 4. The third-order valence-electron chi connectivity index (χ3n) is 4.71. The third-order valence-corrected chi connectivity index (χ3v) is 4.71. The van der Waals surface area contributed by atoms with Crippen LogP contribution in [0.5, 0.6) is 0 Å². The molecule has 0 spiro atoms. The van der Waals surface area contributed by atoms with Crippen LogP contribution in [-0.2, 0) is 17.9 Å². The number of carbonyl (C=O) groups is 1. The van der Waals surface area contributed by atoms with Crippen molar-refractivity contribution < 1.29 is 4.79 Å². The summed E-state index contributed by atoms with van der Waals surface area (Å²) in [6, 6.07) is 0. The molecule has 23 heavy (non-hydrogen) atoms. The molecule has 2 aromatic heterocycles. The number of hydrogen-bond donors (Lipinski definition) is 1. The summed E-state index contributed by atoms with van der Waals surface area (Å²) in [5.41, 5.74) is 3.09. The first-order chi connectivity index (χ1) is 11.2. The van der Waals surface area contributed by atoms with E-state index in [4.69, 9.17) is 0 Å². The summed E-state index contributed by atoms with van der Waals surface area (Å²) in [4.78, 5) is 12.3. The molecule has 0 radical (unpaired) electrons. The predicted molar refractivity (Wildman–Crippen MR) is 89.2 cm³/mol. The third kappa shape index (κ3) is 3.63. The summed E-state index contributed by atoms with van der Waals surface area (Å²) in [7, 11) is 0. The number of rotatable bonds is 5. The smallest absolute Gasteiger partial charge is 0.227 e. The van der Waals surface area contributed by atoms with Crippen LogP contribution < -0.4 is 5.32 Å². The molecule has 0 bridgehead atoms. The maximum Gasteiger partial charge on any atom is 0.227 e. The number of carbonyl (C=O) groups excluding carboxylic acids is 1. The number of aryl methyl sites for hydroxylation is 1. The zero-order valence-electron chi connectivity index (χ0n) is 14.0. The van der Waals surface area contributed by atoms with Gasteiger partial charge in [0, 0.05) is 29.9 Å². The summed E-state index contributed by atoms with van der Waals surface area (Å²) in [6.07, 6.45) is 11.1. The van der Waals surface area contributed by atoms with Gasteiger partial charge in [-0.3, -0.25) is 14.2 Å². The van der Waals surface area contributed by atoms with E-state index in [0.717, 1.165) is 49.2 Å². The lowest BCUT2D eigenvalue weighted by Gasteiger charge is -2.20. The first-order valence-electron chi connectivity index (χ1n) is 8.52. The standard InChI is InChI=1S/C17H25N5O/c1-3-22-13(2)15(9-19-22)11-21-12-16(10-18-21)20-17(23)14-7-5-4-6-8-14/h9-10,12,14H,3-8,11H2,1-2H3,(H,20,23). The van der Waals surface area contributed by atoms with Gasteiger partial charge in [-0.2, -0.15) is 10.2 Å². The maximum absolute atomic E-state index is 12.3. The number of anilines is 1. The summed E-state index contributed by atoms with van der Waals surface area (Å²) in [5, 5.41) is 11.7. The molecular weight excluding hydrogens is 290 g/mol. The Kier molecular flexibility index (Phi) is 4.79. The fourth-order valence-corrected chi connectivity index (χ4v) is 3.26. The topological polar surface area (TPSA) is 64.7 Å². The van der Waals surface area contributed by atoms with Gasteiger partial charge in [-0.25, -0.2) is 0 Å². The number of hydrogen-bond acceptors (Lipinski definition) is 3. The summed E-state index contributed by atoms with van der Waals surface area (Å²) in [6.45, 7) is 5.69. The first-order valence-corrected chi connectivity index (χ1v) is 8.52. The molecule has 3 rings (SSSR count). The van der Waals surface area contributed by atoms with E-state index in [2.05, 4.69) is 29.4 Å². The SMILES string of the molecule is CCn1ncc(Cn2cc(NC(=O)C3CCCCC3)cn2)c1C. The summed E-state index contributed by atoms with van der Waals surface area (Å²) < 4.78 is 3.82. The Morgan fingerprint density at radius 1 is 1.26 bits per heavy atom.